The Kier molecular flexibility index (Phi) is 2.68. The van der Waals surface area contributed by atoms with E-state index >= 15 is 0 Å². The summed E-state index contributed by atoms with van der Waals surface area (Å²) >= 11 is 0. The van der Waals surface area contributed by atoms with Crippen molar-refractivity contribution < 1.29 is 0 Å². The number of nitrogens with one attached hydrogen (secondary N) is 1. The molecular weight excluding hydrogens is 266 g/mol. The molecule has 4 rings (SSSR count). The Bertz CT molecular complexity index is 770. The normalized spacial score (nSPS) is 18.6. The summed E-state index contributed by atoms with van der Waals surface area (Å²) < 4.78 is 0. The molecule has 2 aliphatic rings. The minimum absolute atomic E-state index is 0.149. The molecule has 2 aromatic rings. The van der Waals surface area contributed by atoms with Crippen LogP contribution in [0, 0.1) is 9.81 Å². The number of hydrogen-bond acceptors (Lipinski definition) is 5. The molecule has 1 aliphatic carbocycles. The van der Waals surface area contributed by atoms with E-state index in [0.717, 1.165) is 41.6 Å². The minimum Gasteiger partial charge on any atom is -0.309 e. The minimum atomic E-state index is 0.149. The van der Waals surface area contributed by atoms with Crippen LogP contribution >= 0.6 is 0 Å². The maximum Gasteiger partial charge on any atom is 0.145 e. The predicted molar refractivity (Wildman–Crippen MR) is 80.9 cm³/mol. The lowest BCUT2D eigenvalue weighted by Gasteiger charge is -2.34. The molecule has 0 aromatic heterocycles. The summed E-state index contributed by atoms with van der Waals surface area (Å²) in [7, 11) is 0. The summed E-state index contributed by atoms with van der Waals surface area (Å²) in [6, 6.07) is 9.88. The van der Waals surface area contributed by atoms with E-state index in [2.05, 4.69) is 21.7 Å². The third-order valence-electron chi connectivity index (χ3n) is 4.44. The van der Waals surface area contributed by atoms with Gasteiger partial charge in [-0.05, 0) is 58.1 Å². The lowest BCUT2D eigenvalue weighted by Crippen LogP contribution is -2.33. The van der Waals surface area contributed by atoms with Crippen molar-refractivity contribution in [3.63, 3.8) is 0 Å². The molecule has 1 heterocycles. The van der Waals surface area contributed by atoms with Crippen molar-refractivity contribution >= 4 is 11.4 Å². The number of benzene rings is 2. The highest BCUT2D eigenvalue weighted by Crippen LogP contribution is 2.50. The first-order chi connectivity index (χ1) is 10.3. The Hall–Kier alpha value is -2.40. The van der Waals surface area contributed by atoms with Crippen LogP contribution in [0.4, 0.5) is 11.4 Å². The number of nitroso groups, excluding NO2 is 2. The lowest BCUT2D eigenvalue weighted by atomic mass is 9.77. The third-order valence-corrected chi connectivity index (χ3v) is 4.44. The van der Waals surface area contributed by atoms with Crippen LogP contribution in [0.3, 0.4) is 0 Å². The van der Waals surface area contributed by atoms with Crippen LogP contribution in [0.5, 0.6) is 0 Å². The monoisotopic (exact) mass is 279 g/mol. The molecule has 0 spiro atoms. The maximum absolute atomic E-state index is 11.3. The van der Waals surface area contributed by atoms with Gasteiger partial charge in [0, 0.05) is 11.6 Å². The van der Waals surface area contributed by atoms with Crippen LogP contribution in [0.2, 0.25) is 0 Å². The fourth-order valence-electron chi connectivity index (χ4n) is 3.59. The van der Waals surface area contributed by atoms with E-state index in [1.165, 1.54) is 5.56 Å². The first kappa shape index (κ1) is 12.3. The van der Waals surface area contributed by atoms with Crippen molar-refractivity contribution in [1.29, 1.82) is 0 Å². The van der Waals surface area contributed by atoms with Gasteiger partial charge < -0.3 is 5.32 Å². The van der Waals surface area contributed by atoms with Gasteiger partial charge in [-0.25, -0.2) is 0 Å². The quantitative estimate of drug-likeness (QED) is 0.848. The molecule has 1 unspecified atom stereocenters. The van der Waals surface area contributed by atoms with Gasteiger partial charge in [-0.15, -0.1) is 9.81 Å². The maximum atomic E-state index is 11.3. The van der Waals surface area contributed by atoms with Crippen molar-refractivity contribution in [3.8, 4) is 11.1 Å². The van der Waals surface area contributed by atoms with Gasteiger partial charge in [-0.2, -0.15) is 0 Å². The zero-order valence-electron chi connectivity index (χ0n) is 11.3. The van der Waals surface area contributed by atoms with Crippen LogP contribution in [-0.2, 0) is 12.8 Å². The molecule has 0 saturated heterocycles. The van der Waals surface area contributed by atoms with Gasteiger partial charge in [0.2, 0.25) is 0 Å². The molecule has 21 heavy (non-hydrogen) atoms. The van der Waals surface area contributed by atoms with Crippen LogP contribution < -0.4 is 5.32 Å². The summed E-state index contributed by atoms with van der Waals surface area (Å²) in [6.07, 6.45) is 1.73. The van der Waals surface area contributed by atoms with Crippen LogP contribution in [-0.4, -0.2) is 6.54 Å². The van der Waals surface area contributed by atoms with Crippen molar-refractivity contribution in [3.05, 3.63) is 56.8 Å². The first-order valence-electron chi connectivity index (χ1n) is 7.01. The largest absolute Gasteiger partial charge is 0.309 e. The molecule has 0 radical (unpaired) electrons. The van der Waals surface area contributed by atoms with Gasteiger partial charge in [0.15, 0.2) is 0 Å². The van der Waals surface area contributed by atoms with E-state index in [-0.39, 0.29) is 17.4 Å². The SMILES string of the molecule is O=Nc1cc2c3c(c1N=O)-c1ccccc1CC3NCC2. The molecule has 5 nitrogen and oxygen atoms in total. The predicted octanol–water partition coefficient (Wildman–Crippen LogP) is 3.89. The van der Waals surface area contributed by atoms with Gasteiger partial charge in [-0.1, -0.05) is 24.3 Å². The van der Waals surface area contributed by atoms with Crippen molar-refractivity contribution in [2.75, 3.05) is 6.54 Å². The number of rotatable bonds is 2. The summed E-state index contributed by atoms with van der Waals surface area (Å²) in [6.45, 7) is 0.867. The van der Waals surface area contributed by atoms with Gasteiger partial charge in [0.1, 0.15) is 11.4 Å². The number of nitrogens with zero attached hydrogens (tertiary/aromatic N) is 2. The molecule has 0 saturated carbocycles. The Balaban J connectivity index is 2.14. The fourth-order valence-corrected chi connectivity index (χ4v) is 3.59. The molecule has 1 N–H and O–H groups in total. The average Bonchev–Trinajstić information content (AvgIpc) is 2.54. The van der Waals surface area contributed by atoms with Crippen molar-refractivity contribution in [2.24, 2.45) is 10.4 Å². The van der Waals surface area contributed by atoms with Gasteiger partial charge in [0.05, 0.1) is 0 Å². The average molecular weight is 279 g/mol. The molecular formula is C16H13N3O2. The highest BCUT2D eigenvalue weighted by Gasteiger charge is 2.33. The fraction of sp³-hybridized carbons (Fsp3) is 0.250. The van der Waals surface area contributed by atoms with E-state index < -0.39 is 0 Å². The summed E-state index contributed by atoms with van der Waals surface area (Å²) in [5.41, 5.74) is 5.49. The van der Waals surface area contributed by atoms with Gasteiger partial charge in [0.25, 0.3) is 0 Å². The van der Waals surface area contributed by atoms with E-state index in [1.807, 2.05) is 18.2 Å². The van der Waals surface area contributed by atoms with E-state index in [9.17, 15) is 9.81 Å². The third kappa shape index (κ3) is 1.67. The number of hydrogen-bond donors (Lipinski definition) is 1. The molecule has 5 heteroatoms. The summed E-state index contributed by atoms with van der Waals surface area (Å²) in [5.74, 6) is 0. The lowest BCUT2D eigenvalue weighted by molar-refractivity contribution is 0.499. The second-order valence-electron chi connectivity index (χ2n) is 5.49. The second kappa shape index (κ2) is 4.56. The van der Waals surface area contributed by atoms with Crippen molar-refractivity contribution in [1.82, 2.24) is 5.32 Å². The second-order valence-corrected chi connectivity index (χ2v) is 5.49. The highest BCUT2D eigenvalue weighted by atomic mass is 16.3. The first-order valence-corrected chi connectivity index (χ1v) is 7.01. The Labute approximate surface area is 121 Å². The molecule has 1 aliphatic heterocycles. The number of fused-ring (bicyclic) bond motifs is 2. The Morgan fingerprint density at radius 3 is 2.76 bits per heavy atom. The topological polar surface area (TPSA) is 70.9 Å². The molecule has 0 fully saturated rings. The molecule has 0 amide bonds. The molecule has 2 aromatic carbocycles. The van der Waals surface area contributed by atoms with Gasteiger partial charge >= 0.3 is 0 Å². The highest BCUT2D eigenvalue weighted by molar-refractivity contribution is 5.90. The summed E-state index contributed by atoms with van der Waals surface area (Å²) in [4.78, 5) is 22.4. The summed E-state index contributed by atoms with van der Waals surface area (Å²) in [5, 5.41) is 9.63. The molecule has 104 valence electrons. The Morgan fingerprint density at radius 1 is 1.10 bits per heavy atom. The molecule has 0 bridgehead atoms. The zero-order valence-corrected chi connectivity index (χ0v) is 11.3. The smallest absolute Gasteiger partial charge is 0.145 e. The Morgan fingerprint density at radius 2 is 1.95 bits per heavy atom. The van der Waals surface area contributed by atoms with E-state index in [4.69, 9.17) is 0 Å². The van der Waals surface area contributed by atoms with Gasteiger partial charge in [-0.3, -0.25) is 0 Å². The van der Waals surface area contributed by atoms with E-state index in [0.29, 0.717) is 0 Å². The standard InChI is InChI=1S/C16H13N3O2/c20-18-13-8-10-5-6-17-12-7-9-3-1-2-4-11(9)15(14(10)12)16(13)19-21/h1-4,8,12,17H,5-7H2. The molecule has 1 atom stereocenters. The zero-order chi connectivity index (χ0) is 14.4. The van der Waals surface area contributed by atoms with Crippen LogP contribution in [0.1, 0.15) is 22.7 Å². The van der Waals surface area contributed by atoms with Crippen LogP contribution in [0.25, 0.3) is 11.1 Å². The van der Waals surface area contributed by atoms with E-state index in [1.54, 1.807) is 6.07 Å². The van der Waals surface area contributed by atoms with Crippen molar-refractivity contribution in [2.45, 2.75) is 18.9 Å². The van der Waals surface area contributed by atoms with Crippen LogP contribution in [0.15, 0.2) is 40.7 Å².